The summed E-state index contributed by atoms with van der Waals surface area (Å²) in [6.45, 7) is 4.34. The molecule has 0 saturated carbocycles. The largest absolute Gasteiger partial charge is 0.448 e. The van der Waals surface area contributed by atoms with Crippen molar-refractivity contribution in [3.8, 4) is 12.3 Å². The summed E-state index contributed by atoms with van der Waals surface area (Å²) in [5.41, 5.74) is 0.973. The Bertz CT molecular complexity index is 804. The molecule has 5 heterocycles. The fourth-order valence-electron chi connectivity index (χ4n) is 3.83. The van der Waals surface area contributed by atoms with Crippen molar-refractivity contribution >= 4 is 16.9 Å². The molecule has 0 aromatic carbocycles. The molecule has 23 heavy (non-hydrogen) atoms. The molecule has 118 valence electrons. The molecule has 2 bridgehead atoms. The zero-order valence-corrected chi connectivity index (χ0v) is 13.1. The highest BCUT2D eigenvalue weighted by Crippen LogP contribution is 2.32. The molecule has 4 unspecified atom stereocenters. The number of rotatable bonds is 2. The Morgan fingerprint density at radius 3 is 3.09 bits per heavy atom. The quantitative estimate of drug-likeness (QED) is 0.862. The fraction of sp³-hybridized carbons (Fsp3) is 0.444. The molecule has 5 nitrogen and oxygen atoms in total. The number of hydrogen-bond donors (Lipinski definition) is 1. The van der Waals surface area contributed by atoms with Crippen LogP contribution in [-0.2, 0) is 0 Å². The van der Waals surface area contributed by atoms with Crippen LogP contribution in [0.4, 0.5) is 0 Å². The van der Waals surface area contributed by atoms with Crippen LogP contribution < -0.4 is 5.32 Å². The van der Waals surface area contributed by atoms with Crippen LogP contribution in [-0.4, -0.2) is 41.0 Å². The summed E-state index contributed by atoms with van der Waals surface area (Å²) in [4.78, 5) is 19.2. The van der Waals surface area contributed by atoms with Crippen molar-refractivity contribution in [2.75, 3.05) is 13.1 Å². The van der Waals surface area contributed by atoms with E-state index in [1.807, 2.05) is 0 Å². The van der Waals surface area contributed by atoms with Crippen LogP contribution in [0, 0.1) is 18.3 Å². The van der Waals surface area contributed by atoms with E-state index in [4.69, 9.17) is 10.8 Å². The van der Waals surface area contributed by atoms with Crippen molar-refractivity contribution in [3.63, 3.8) is 0 Å². The van der Waals surface area contributed by atoms with Gasteiger partial charge in [0, 0.05) is 42.3 Å². The van der Waals surface area contributed by atoms with Crippen LogP contribution in [0.5, 0.6) is 0 Å². The number of carbonyl (C=O) groups excluding carboxylic acids is 1. The van der Waals surface area contributed by atoms with Crippen molar-refractivity contribution in [2.45, 2.75) is 31.8 Å². The summed E-state index contributed by atoms with van der Waals surface area (Å²) in [5.74, 6) is 3.33. The van der Waals surface area contributed by atoms with E-state index in [0.29, 0.717) is 29.0 Å². The molecule has 1 amide bonds. The van der Waals surface area contributed by atoms with Gasteiger partial charge < -0.3 is 9.73 Å². The lowest BCUT2D eigenvalue weighted by atomic mass is 9.80. The van der Waals surface area contributed by atoms with Crippen LogP contribution in [0.2, 0.25) is 0 Å². The van der Waals surface area contributed by atoms with E-state index in [9.17, 15) is 4.79 Å². The molecular formula is C18H19N3O2. The van der Waals surface area contributed by atoms with Gasteiger partial charge in [-0.2, -0.15) is 0 Å². The molecule has 5 rings (SSSR count). The second-order valence-electron chi connectivity index (χ2n) is 6.57. The van der Waals surface area contributed by atoms with Crippen molar-refractivity contribution in [2.24, 2.45) is 5.92 Å². The molecule has 3 fully saturated rings. The van der Waals surface area contributed by atoms with E-state index in [-0.39, 0.29) is 11.9 Å². The van der Waals surface area contributed by atoms with Gasteiger partial charge in [-0.15, -0.1) is 6.42 Å². The Hall–Kier alpha value is -2.32. The average molecular weight is 309 g/mol. The summed E-state index contributed by atoms with van der Waals surface area (Å²) in [7, 11) is 0. The van der Waals surface area contributed by atoms with E-state index in [2.05, 4.69) is 28.0 Å². The Labute approximate surface area is 135 Å². The molecule has 0 aliphatic carbocycles. The van der Waals surface area contributed by atoms with Gasteiger partial charge in [-0.1, -0.05) is 0 Å². The van der Waals surface area contributed by atoms with E-state index >= 15 is 0 Å². The lowest BCUT2D eigenvalue weighted by Crippen LogP contribution is -2.60. The minimum Gasteiger partial charge on any atom is -0.448 e. The SMILES string of the molecule is C#Cc1cc2cnc(C(=O)NC3CN4CCC3CC4C)cc2o1. The van der Waals surface area contributed by atoms with E-state index < -0.39 is 0 Å². The number of amides is 1. The zero-order valence-electron chi connectivity index (χ0n) is 13.1. The molecule has 2 aromatic rings. The Balaban J connectivity index is 1.52. The van der Waals surface area contributed by atoms with Gasteiger partial charge in [-0.05, 0) is 38.1 Å². The van der Waals surface area contributed by atoms with E-state index in [1.54, 1.807) is 18.3 Å². The van der Waals surface area contributed by atoms with Crippen molar-refractivity contribution < 1.29 is 9.21 Å². The Morgan fingerprint density at radius 2 is 2.39 bits per heavy atom. The van der Waals surface area contributed by atoms with E-state index in [1.165, 1.54) is 0 Å². The maximum absolute atomic E-state index is 12.5. The predicted molar refractivity (Wildman–Crippen MR) is 87.0 cm³/mol. The molecule has 5 heteroatoms. The summed E-state index contributed by atoms with van der Waals surface area (Å²) < 4.78 is 5.50. The number of piperidine rings is 3. The lowest BCUT2D eigenvalue weighted by Gasteiger charge is -2.48. The molecule has 3 aliphatic rings. The second-order valence-corrected chi connectivity index (χ2v) is 6.57. The van der Waals surface area contributed by atoms with Crippen molar-refractivity contribution in [3.05, 3.63) is 29.8 Å². The zero-order chi connectivity index (χ0) is 16.0. The first kappa shape index (κ1) is 14.3. The Morgan fingerprint density at radius 1 is 1.52 bits per heavy atom. The fourth-order valence-corrected chi connectivity index (χ4v) is 3.83. The molecular weight excluding hydrogens is 290 g/mol. The first-order valence-corrected chi connectivity index (χ1v) is 8.05. The Kier molecular flexibility index (Phi) is 3.35. The number of nitrogens with one attached hydrogen (secondary N) is 1. The predicted octanol–water partition coefficient (Wildman–Crippen LogP) is 2.02. The standard InChI is InChI=1S/C18H19N3O2/c1-3-14-7-13-9-19-15(8-17(13)23-14)18(22)20-16-10-21-5-4-12(16)6-11(21)2/h1,7-9,11-12,16H,4-6,10H2,2H3,(H,20,22). The van der Waals surface area contributed by atoms with Crippen LogP contribution in [0.15, 0.2) is 22.7 Å². The van der Waals surface area contributed by atoms with Gasteiger partial charge in [0.2, 0.25) is 0 Å². The topological polar surface area (TPSA) is 58.4 Å². The number of pyridine rings is 1. The molecule has 2 aromatic heterocycles. The molecule has 3 aliphatic heterocycles. The van der Waals surface area contributed by atoms with Crippen LogP contribution >= 0.6 is 0 Å². The van der Waals surface area contributed by atoms with Crippen LogP contribution in [0.3, 0.4) is 0 Å². The number of fused-ring (bicyclic) bond motifs is 4. The van der Waals surface area contributed by atoms with E-state index in [0.717, 1.165) is 31.3 Å². The molecule has 1 N–H and O–H groups in total. The van der Waals surface area contributed by atoms with Crippen LogP contribution in [0.25, 0.3) is 11.0 Å². The number of hydrogen-bond acceptors (Lipinski definition) is 4. The minimum atomic E-state index is -0.142. The van der Waals surface area contributed by atoms with Crippen molar-refractivity contribution in [1.29, 1.82) is 0 Å². The molecule has 0 spiro atoms. The second kappa shape index (κ2) is 5.39. The highest BCUT2D eigenvalue weighted by Gasteiger charge is 2.38. The highest BCUT2D eigenvalue weighted by molar-refractivity contribution is 5.95. The number of nitrogens with zero attached hydrogens (tertiary/aromatic N) is 2. The van der Waals surface area contributed by atoms with Gasteiger partial charge in [0.1, 0.15) is 11.3 Å². The van der Waals surface area contributed by atoms with Crippen molar-refractivity contribution in [1.82, 2.24) is 15.2 Å². The smallest absolute Gasteiger partial charge is 0.270 e. The maximum atomic E-state index is 12.5. The van der Waals surface area contributed by atoms with Gasteiger partial charge >= 0.3 is 0 Å². The highest BCUT2D eigenvalue weighted by atomic mass is 16.3. The first-order chi connectivity index (χ1) is 11.1. The summed E-state index contributed by atoms with van der Waals surface area (Å²) in [6, 6.07) is 4.25. The number of aromatic nitrogens is 1. The van der Waals surface area contributed by atoms with Gasteiger partial charge in [-0.25, -0.2) is 0 Å². The maximum Gasteiger partial charge on any atom is 0.270 e. The molecule has 3 saturated heterocycles. The first-order valence-electron chi connectivity index (χ1n) is 8.05. The summed E-state index contributed by atoms with van der Waals surface area (Å²) >= 11 is 0. The summed E-state index contributed by atoms with van der Waals surface area (Å²) in [6.07, 6.45) is 9.28. The molecule has 4 atom stereocenters. The van der Waals surface area contributed by atoms with Crippen LogP contribution in [0.1, 0.15) is 36.0 Å². The monoisotopic (exact) mass is 309 g/mol. The number of furan rings is 1. The number of terminal acetylenes is 1. The third-order valence-corrected chi connectivity index (χ3v) is 5.15. The number of carbonyl (C=O) groups is 1. The van der Waals surface area contributed by atoms with Gasteiger partial charge in [0.05, 0.1) is 0 Å². The van der Waals surface area contributed by atoms with Gasteiger partial charge in [0.15, 0.2) is 5.76 Å². The minimum absolute atomic E-state index is 0.142. The summed E-state index contributed by atoms with van der Waals surface area (Å²) in [5, 5.41) is 3.96. The normalized spacial score (nSPS) is 29.4. The third kappa shape index (κ3) is 2.49. The lowest BCUT2D eigenvalue weighted by molar-refractivity contribution is 0.0273. The molecule has 0 radical (unpaired) electrons. The third-order valence-electron chi connectivity index (χ3n) is 5.15. The van der Waals surface area contributed by atoms with Gasteiger partial charge in [0.25, 0.3) is 5.91 Å². The average Bonchev–Trinajstić information content (AvgIpc) is 2.98. The van der Waals surface area contributed by atoms with Gasteiger partial charge in [-0.3, -0.25) is 14.7 Å².